The summed E-state index contributed by atoms with van der Waals surface area (Å²) in [6, 6.07) is 8.43. The van der Waals surface area contributed by atoms with Crippen LogP contribution in [0, 0.1) is 20.8 Å². The van der Waals surface area contributed by atoms with E-state index >= 15 is 0 Å². The summed E-state index contributed by atoms with van der Waals surface area (Å²) in [6.45, 7) is 10.7. The summed E-state index contributed by atoms with van der Waals surface area (Å²) in [5.74, 6) is -0.0520. The van der Waals surface area contributed by atoms with Crippen molar-refractivity contribution in [2.45, 2.75) is 40.0 Å². The number of benzene rings is 1. The molecule has 22 heavy (non-hydrogen) atoms. The molecule has 0 aliphatic heterocycles. The van der Waals surface area contributed by atoms with Crippen molar-refractivity contribution in [1.82, 2.24) is 15.1 Å². The van der Waals surface area contributed by atoms with E-state index in [1.807, 2.05) is 20.9 Å². The van der Waals surface area contributed by atoms with E-state index in [0.29, 0.717) is 12.1 Å². The third-order valence-corrected chi connectivity index (χ3v) is 4.23. The van der Waals surface area contributed by atoms with Crippen LogP contribution in [0.25, 0.3) is 0 Å². The Balaban J connectivity index is 2.13. The van der Waals surface area contributed by atoms with Crippen molar-refractivity contribution >= 4 is 5.91 Å². The van der Waals surface area contributed by atoms with Crippen molar-refractivity contribution in [2.24, 2.45) is 7.05 Å². The van der Waals surface area contributed by atoms with Crippen molar-refractivity contribution in [3.05, 3.63) is 52.3 Å². The van der Waals surface area contributed by atoms with Gasteiger partial charge in [0.15, 0.2) is 0 Å². The normalized spacial score (nSPS) is 11.5. The highest BCUT2D eigenvalue weighted by molar-refractivity contribution is 5.96. The van der Waals surface area contributed by atoms with Crippen molar-refractivity contribution in [3.8, 4) is 0 Å². The number of nitrogens with one attached hydrogen (secondary N) is 1. The van der Waals surface area contributed by atoms with E-state index in [4.69, 9.17) is 0 Å². The van der Waals surface area contributed by atoms with Gasteiger partial charge < -0.3 is 5.32 Å². The average molecular weight is 299 g/mol. The molecule has 1 N–H and O–H groups in total. The number of nitrogens with zero attached hydrogens (tertiary/aromatic N) is 2. The zero-order valence-electron chi connectivity index (χ0n) is 14.3. The molecule has 0 spiro atoms. The van der Waals surface area contributed by atoms with Gasteiger partial charge in [-0.1, -0.05) is 43.7 Å². The quantitative estimate of drug-likeness (QED) is 0.943. The molecule has 0 saturated heterocycles. The number of carbonyl (C=O) groups is 1. The van der Waals surface area contributed by atoms with E-state index in [1.165, 1.54) is 11.1 Å². The lowest BCUT2D eigenvalue weighted by atomic mass is 9.84. The maximum Gasteiger partial charge on any atom is 0.255 e. The maximum absolute atomic E-state index is 12.5. The van der Waals surface area contributed by atoms with Gasteiger partial charge in [-0.2, -0.15) is 5.10 Å². The zero-order valence-corrected chi connectivity index (χ0v) is 14.3. The second kappa shape index (κ2) is 5.95. The van der Waals surface area contributed by atoms with E-state index in [9.17, 15) is 4.79 Å². The van der Waals surface area contributed by atoms with E-state index < -0.39 is 0 Å². The highest BCUT2D eigenvalue weighted by atomic mass is 16.1. The number of aromatic nitrogens is 2. The predicted molar refractivity (Wildman–Crippen MR) is 89.2 cm³/mol. The van der Waals surface area contributed by atoms with Crippen LogP contribution in [0.15, 0.2) is 24.3 Å². The molecule has 2 rings (SSSR count). The summed E-state index contributed by atoms with van der Waals surface area (Å²) in [6.07, 6.45) is 0. The lowest BCUT2D eigenvalue weighted by molar-refractivity contribution is 0.0944. The van der Waals surface area contributed by atoms with Gasteiger partial charge in [0.1, 0.15) is 0 Å². The molecule has 0 aliphatic rings. The summed E-state index contributed by atoms with van der Waals surface area (Å²) >= 11 is 0. The van der Waals surface area contributed by atoms with Gasteiger partial charge in [0.05, 0.1) is 11.3 Å². The van der Waals surface area contributed by atoms with Crippen LogP contribution in [0.4, 0.5) is 0 Å². The SMILES string of the molecule is Cc1cccc(C(C)(C)CNC(=O)c2c(C)nn(C)c2C)c1. The van der Waals surface area contributed by atoms with Crippen molar-refractivity contribution in [2.75, 3.05) is 6.54 Å². The number of carbonyl (C=O) groups excluding carboxylic acids is 1. The molecule has 0 saturated carbocycles. The molecule has 2 aromatic rings. The first-order chi connectivity index (χ1) is 10.2. The molecule has 1 heterocycles. The summed E-state index contributed by atoms with van der Waals surface area (Å²) in [5, 5.41) is 7.36. The topological polar surface area (TPSA) is 46.9 Å². The molecule has 0 aliphatic carbocycles. The van der Waals surface area contributed by atoms with Gasteiger partial charge in [0.2, 0.25) is 0 Å². The zero-order chi connectivity index (χ0) is 16.5. The first kappa shape index (κ1) is 16.3. The molecule has 118 valence electrons. The Labute approximate surface area is 132 Å². The minimum absolute atomic E-state index is 0.0520. The fourth-order valence-electron chi connectivity index (χ4n) is 2.66. The van der Waals surface area contributed by atoms with Crippen LogP contribution in [-0.4, -0.2) is 22.2 Å². The summed E-state index contributed by atoms with van der Waals surface area (Å²) in [7, 11) is 1.86. The fourth-order valence-corrected chi connectivity index (χ4v) is 2.66. The second-order valence-corrected chi connectivity index (χ2v) is 6.61. The standard InChI is InChI=1S/C18H25N3O/c1-12-8-7-9-15(10-12)18(4,5)11-19-17(22)16-13(2)20-21(6)14(16)3/h7-10H,11H2,1-6H3,(H,19,22). The highest BCUT2D eigenvalue weighted by Crippen LogP contribution is 2.23. The fraction of sp³-hybridized carbons (Fsp3) is 0.444. The Morgan fingerprint density at radius 2 is 1.95 bits per heavy atom. The van der Waals surface area contributed by atoms with Gasteiger partial charge in [0, 0.05) is 24.7 Å². The molecule has 0 radical (unpaired) electrons. The van der Waals surface area contributed by atoms with Crippen molar-refractivity contribution in [1.29, 1.82) is 0 Å². The van der Waals surface area contributed by atoms with Crippen LogP contribution < -0.4 is 5.32 Å². The summed E-state index contributed by atoms with van der Waals surface area (Å²) in [4.78, 5) is 12.5. The van der Waals surface area contributed by atoms with Gasteiger partial charge in [-0.3, -0.25) is 9.48 Å². The number of hydrogen-bond donors (Lipinski definition) is 1. The van der Waals surface area contributed by atoms with Crippen LogP contribution in [0.5, 0.6) is 0 Å². The number of amides is 1. The number of aryl methyl sites for hydroxylation is 3. The predicted octanol–water partition coefficient (Wildman–Crippen LogP) is 3.05. The summed E-state index contributed by atoms with van der Waals surface area (Å²) in [5.41, 5.74) is 4.69. The Bertz CT molecular complexity index is 698. The Morgan fingerprint density at radius 1 is 1.27 bits per heavy atom. The van der Waals surface area contributed by atoms with E-state index in [0.717, 1.165) is 11.4 Å². The maximum atomic E-state index is 12.5. The molecule has 1 amide bonds. The van der Waals surface area contributed by atoms with Crippen molar-refractivity contribution in [3.63, 3.8) is 0 Å². The number of hydrogen-bond acceptors (Lipinski definition) is 2. The second-order valence-electron chi connectivity index (χ2n) is 6.61. The van der Waals surface area contributed by atoms with Gasteiger partial charge in [-0.05, 0) is 26.3 Å². The van der Waals surface area contributed by atoms with Crippen LogP contribution in [0.2, 0.25) is 0 Å². The lowest BCUT2D eigenvalue weighted by Crippen LogP contribution is -2.37. The molecule has 1 aromatic carbocycles. The molecular formula is C18H25N3O. The van der Waals surface area contributed by atoms with Crippen LogP contribution in [0.3, 0.4) is 0 Å². The monoisotopic (exact) mass is 299 g/mol. The van der Waals surface area contributed by atoms with Gasteiger partial charge >= 0.3 is 0 Å². The molecular weight excluding hydrogens is 274 g/mol. The Kier molecular flexibility index (Phi) is 4.40. The molecule has 0 atom stereocenters. The average Bonchev–Trinajstić information content (AvgIpc) is 2.70. The lowest BCUT2D eigenvalue weighted by Gasteiger charge is -2.26. The minimum atomic E-state index is -0.119. The van der Waals surface area contributed by atoms with Gasteiger partial charge in [-0.15, -0.1) is 0 Å². The molecule has 0 fully saturated rings. The van der Waals surface area contributed by atoms with E-state index in [1.54, 1.807) is 4.68 Å². The van der Waals surface area contributed by atoms with Crippen molar-refractivity contribution < 1.29 is 4.79 Å². The van der Waals surface area contributed by atoms with Crippen LogP contribution in [0.1, 0.15) is 46.7 Å². The smallest absolute Gasteiger partial charge is 0.255 e. The number of rotatable bonds is 4. The van der Waals surface area contributed by atoms with Crippen LogP contribution in [-0.2, 0) is 12.5 Å². The largest absolute Gasteiger partial charge is 0.351 e. The molecule has 1 aromatic heterocycles. The summed E-state index contributed by atoms with van der Waals surface area (Å²) < 4.78 is 1.75. The van der Waals surface area contributed by atoms with E-state index in [-0.39, 0.29) is 11.3 Å². The van der Waals surface area contributed by atoms with E-state index in [2.05, 4.69) is 55.5 Å². The van der Waals surface area contributed by atoms with Gasteiger partial charge in [0.25, 0.3) is 5.91 Å². The third-order valence-electron chi connectivity index (χ3n) is 4.23. The minimum Gasteiger partial charge on any atom is -0.351 e. The molecule has 0 unspecified atom stereocenters. The highest BCUT2D eigenvalue weighted by Gasteiger charge is 2.24. The first-order valence-corrected chi connectivity index (χ1v) is 7.58. The van der Waals surface area contributed by atoms with Gasteiger partial charge in [-0.25, -0.2) is 0 Å². The molecule has 4 heteroatoms. The first-order valence-electron chi connectivity index (χ1n) is 7.58. The molecule has 0 bridgehead atoms. The Morgan fingerprint density at radius 3 is 2.50 bits per heavy atom. The van der Waals surface area contributed by atoms with Crippen LogP contribution >= 0.6 is 0 Å². The molecule has 4 nitrogen and oxygen atoms in total. The third kappa shape index (κ3) is 3.21. The Hall–Kier alpha value is -2.10.